The first-order valence-electron chi connectivity index (χ1n) is 10.0. The van der Waals surface area contributed by atoms with E-state index in [9.17, 15) is 9.18 Å². The zero-order chi connectivity index (χ0) is 20.8. The van der Waals surface area contributed by atoms with Crippen LogP contribution in [0.1, 0.15) is 45.6 Å². The fourth-order valence-corrected chi connectivity index (χ4v) is 3.52. The number of aromatic nitrogens is 4. The number of benzene rings is 1. The average Bonchev–Trinajstić information content (AvgIpc) is 3.21. The second kappa shape index (κ2) is 9.41. The SMILES string of the molecule is CC.CNc1ncc(-c2c(-c3ccc(F)cc3)ncn2C2CCC(=O)CC2)cn1. The number of nitrogens with zero attached hydrogens (tertiary/aromatic N) is 4. The number of imidazole rings is 1. The lowest BCUT2D eigenvalue weighted by Gasteiger charge is -2.24. The van der Waals surface area contributed by atoms with Crippen molar-refractivity contribution in [2.45, 2.75) is 45.6 Å². The number of rotatable bonds is 4. The predicted octanol–water partition coefficient (Wildman–Crippen LogP) is 4.90. The monoisotopic (exact) mass is 395 g/mol. The van der Waals surface area contributed by atoms with Crippen molar-refractivity contribution in [2.75, 3.05) is 12.4 Å². The third-order valence-corrected chi connectivity index (χ3v) is 4.97. The Morgan fingerprint density at radius 2 is 1.62 bits per heavy atom. The van der Waals surface area contributed by atoms with Crippen molar-refractivity contribution >= 4 is 11.7 Å². The molecule has 4 rings (SSSR count). The van der Waals surface area contributed by atoms with Gasteiger partial charge in [0.05, 0.1) is 17.7 Å². The first-order valence-corrected chi connectivity index (χ1v) is 10.0. The third kappa shape index (κ3) is 4.50. The van der Waals surface area contributed by atoms with E-state index in [0.29, 0.717) is 24.6 Å². The highest BCUT2D eigenvalue weighted by Gasteiger charge is 2.25. The molecule has 1 N–H and O–H groups in total. The first kappa shape index (κ1) is 20.6. The van der Waals surface area contributed by atoms with E-state index in [-0.39, 0.29) is 11.9 Å². The number of anilines is 1. The van der Waals surface area contributed by atoms with Gasteiger partial charge < -0.3 is 9.88 Å². The Morgan fingerprint density at radius 3 is 2.21 bits per heavy atom. The molecule has 1 saturated carbocycles. The van der Waals surface area contributed by atoms with Gasteiger partial charge in [-0.3, -0.25) is 4.79 Å². The summed E-state index contributed by atoms with van der Waals surface area (Å²) in [6.07, 6.45) is 8.08. The van der Waals surface area contributed by atoms with Crippen LogP contribution in [0.25, 0.3) is 22.5 Å². The number of ketones is 1. The zero-order valence-electron chi connectivity index (χ0n) is 17.0. The Kier molecular flexibility index (Phi) is 6.69. The van der Waals surface area contributed by atoms with Crippen molar-refractivity contribution in [3.05, 3.63) is 48.8 Å². The second-order valence-electron chi connectivity index (χ2n) is 6.67. The van der Waals surface area contributed by atoms with E-state index in [2.05, 4.69) is 24.8 Å². The van der Waals surface area contributed by atoms with Crippen LogP contribution < -0.4 is 5.32 Å². The van der Waals surface area contributed by atoms with Gasteiger partial charge in [-0.1, -0.05) is 13.8 Å². The smallest absolute Gasteiger partial charge is 0.222 e. The summed E-state index contributed by atoms with van der Waals surface area (Å²) in [6.45, 7) is 4.00. The maximum atomic E-state index is 13.4. The Hall–Kier alpha value is -3.09. The molecule has 29 heavy (non-hydrogen) atoms. The highest BCUT2D eigenvalue weighted by molar-refractivity contribution is 5.80. The molecule has 0 radical (unpaired) electrons. The second-order valence-corrected chi connectivity index (χ2v) is 6.67. The quantitative estimate of drug-likeness (QED) is 0.680. The maximum Gasteiger partial charge on any atom is 0.222 e. The third-order valence-electron chi connectivity index (χ3n) is 4.97. The Bertz CT molecular complexity index is 940. The van der Waals surface area contributed by atoms with Crippen LogP contribution in [-0.4, -0.2) is 32.3 Å². The Morgan fingerprint density at radius 1 is 1.00 bits per heavy atom. The molecule has 0 atom stereocenters. The molecule has 1 aliphatic carbocycles. The summed E-state index contributed by atoms with van der Waals surface area (Å²) in [5, 5.41) is 2.91. The minimum absolute atomic E-state index is 0.198. The maximum absolute atomic E-state index is 13.4. The number of carbonyl (C=O) groups excluding carboxylic acids is 1. The van der Waals surface area contributed by atoms with Crippen LogP contribution in [0.3, 0.4) is 0 Å². The molecular formula is C22H26FN5O. The summed E-state index contributed by atoms with van der Waals surface area (Å²) in [4.78, 5) is 24.9. The molecule has 3 aromatic rings. The molecule has 0 spiro atoms. The summed E-state index contributed by atoms with van der Waals surface area (Å²) in [5.74, 6) is 0.567. The number of halogens is 1. The van der Waals surface area contributed by atoms with Gasteiger partial charge in [-0.15, -0.1) is 0 Å². The van der Waals surface area contributed by atoms with E-state index in [1.807, 2.05) is 13.8 Å². The fraction of sp³-hybridized carbons (Fsp3) is 0.364. The van der Waals surface area contributed by atoms with Gasteiger partial charge in [0.1, 0.15) is 11.6 Å². The first-order chi connectivity index (χ1) is 14.2. The molecule has 0 aliphatic heterocycles. The number of hydrogen-bond donors (Lipinski definition) is 1. The van der Waals surface area contributed by atoms with E-state index < -0.39 is 0 Å². The van der Waals surface area contributed by atoms with Crippen molar-refractivity contribution in [1.29, 1.82) is 0 Å². The molecule has 1 fully saturated rings. The number of Topliss-reactive ketones (excluding diaryl/α,β-unsaturated/α-hetero) is 1. The van der Waals surface area contributed by atoms with Gasteiger partial charge in [0.15, 0.2) is 0 Å². The van der Waals surface area contributed by atoms with Crippen LogP contribution in [0.2, 0.25) is 0 Å². The van der Waals surface area contributed by atoms with Crippen LogP contribution in [0.4, 0.5) is 10.3 Å². The van der Waals surface area contributed by atoms with Gasteiger partial charge >= 0.3 is 0 Å². The number of nitrogens with one attached hydrogen (secondary N) is 1. The van der Waals surface area contributed by atoms with E-state index in [1.54, 1.807) is 37.9 Å². The molecule has 6 nitrogen and oxygen atoms in total. The van der Waals surface area contributed by atoms with Crippen molar-refractivity contribution < 1.29 is 9.18 Å². The molecule has 152 valence electrons. The van der Waals surface area contributed by atoms with Crippen LogP contribution in [0.5, 0.6) is 0 Å². The minimum atomic E-state index is -0.285. The van der Waals surface area contributed by atoms with Crippen molar-refractivity contribution in [1.82, 2.24) is 19.5 Å². The lowest BCUT2D eigenvalue weighted by Crippen LogP contribution is -2.18. The molecule has 1 aromatic carbocycles. The summed E-state index contributed by atoms with van der Waals surface area (Å²) < 4.78 is 15.5. The molecule has 7 heteroatoms. The fourth-order valence-electron chi connectivity index (χ4n) is 3.52. The van der Waals surface area contributed by atoms with Gasteiger partial charge in [0.25, 0.3) is 0 Å². The molecule has 2 heterocycles. The van der Waals surface area contributed by atoms with Gasteiger partial charge in [0, 0.05) is 49.5 Å². The molecule has 1 aliphatic rings. The number of carbonyl (C=O) groups is 1. The van der Waals surface area contributed by atoms with Gasteiger partial charge in [-0.2, -0.15) is 0 Å². The summed E-state index contributed by atoms with van der Waals surface area (Å²) in [7, 11) is 1.77. The van der Waals surface area contributed by atoms with Crippen molar-refractivity contribution in [3.8, 4) is 22.5 Å². The lowest BCUT2D eigenvalue weighted by molar-refractivity contribution is -0.120. The van der Waals surface area contributed by atoms with Crippen LogP contribution in [0.15, 0.2) is 43.0 Å². The van der Waals surface area contributed by atoms with Gasteiger partial charge in [0.2, 0.25) is 5.95 Å². The van der Waals surface area contributed by atoms with Crippen LogP contribution in [0, 0.1) is 5.82 Å². The van der Waals surface area contributed by atoms with Crippen molar-refractivity contribution in [3.63, 3.8) is 0 Å². The predicted molar refractivity (Wildman–Crippen MR) is 112 cm³/mol. The van der Waals surface area contributed by atoms with Gasteiger partial charge in [-0.05, 0) is 37.1 Å². The Labute approximate surface area is 170 Å². The average molecular weight is 395 g/mol. The van der Waals surface area contributed by atoms with E-state index >= 15 is 0 Å². The summed E-state index contributed by atoms with van der Waals surface area (Å²) in [5.41, 5.74) is 3.31. The number of hydrogen-bond acceptors (Lipinski definition) is 5. The molecule has 0 bridgehead atoms. The molecule has 0 amide bonds. The van der Waals surface area contributed by atoms with E-state index in [0.717, 1.165) is 35.4 Å². The minimum Gasteiger partial charge on any atom is -0.357 e. The molecule has 0 unspecified atom stereocenters. The summed E-state index contributed by atoms with van der Waals surface area (Å²) >= 11 is 0. The highest BCUT2D eigenvalue weighted by Crippen LogP contribution is 2.36. The Balaban J connectivity index is 0.00000117. The molecule has 0 saturated heterocycles. The van der Waals surface area contributed by atoms with Crippen LogP contribution in [-0.2, 0) is 4.79 Å². The van der Waals surface area contributed by atoms with Crippen LogP contribution >= 0.6 is 0 Å². The normalized spacial score (nSPS) is 14.3. The largest absolute Gasteiger partial charge is 0.357 e. The zero-order valence-corrected chi connectivity index (χ0v) is 17.0. The topological polar surface area (TPSA) is 72.7 Å². The standard InChI is InChI=1S/C20H20FN5O.C2H6/c1-22-20-23-10-14(11-24-20)19-18(13-2-4-15(21)5-3-13)25-12-26(19)16-6-8-17(27)9-7-16;1-2/h2-5,10-12,16H,6-9H2,1H3,(H,22,23,24);1-2H3. The van der Waals surface area contributed by atoms with Crippen molar-refractivity contribution in [2.24, 2.45) is 0 Å². The van der Waals surface area contributed by atoms with E-state index in [4.69, 9.17) is 0 Å². The lowest BCUT2D eigenvalue weighted by atomic mass is 9.93. The summed E-state index contributed by atoms with van der Waals surface area (Å²) in [6, 6.07) is 6.50. The van der Waals surface area contributed by atoms with E-state index in [1.165, 1.54) is 12.1 Å². The molecular weight excluding hydrogens is 369 g/mol. The highest BCUT2D eigenvalue weighted by atomic mass is 19.1. The van der Waals surface area contributed by atoms with Gasteiger partial charge in [-0.25, -0.2) is 19.3 Å². The molecule has 2 aromatic heterocycles.